The topological polar surface area (TPSA) is 81.3 Å². The van der Waals surface area contributed by atoms with Crippen LogP contribution in [-0.2, 0) is 11.3 Å². The molecule has 0 aliphatic heterocycles. The molecule has 0 aliphatic rings. The Labute approximate surface area is 228 Å². The van der Waals surface area contributed by atoms with Crippen LogP contribution in [0.25, 0.3) is 38.4 Å². The molecule has 1 N–H and O–H groups in total. The molecule has 0 saturated heterocycles. The lowest BCUT2D eigenvalue weighted by atomic mass is 10.1. The van der Waals surface area contributed by atoms with E-state index in [9.17, 15) is 9.59 Å². The molecule has 0 radical (unpaired) electrons. The third-order valence-corrected chi connectivity index (χ3v) is 7.55. The van der Waals surface area contributed by atoms with Gasteiger partial charge in [0.05, 0.1) is 28.6 Å². The van der Waals surface area contributed by atoms with Crippen LogP contribution in [0.1, 0.15) is 12.5 Å². The second-order valence-electron chi connectivity index (χ2n) is 9.01. The van der Waals surface area contributed by atoms with Crippen molar-refractivity contribution in [2.45, 2.75) is 18.6 Å². The Balaban J connectivity index is 1.21. The molecule has 0 unspecified atom stereocenters. The monoisotopic (exact) mass is 531 g/mol. The first-order valence-electron chi connectivity index (χ1n) is 12.7. The van der Waals surface area contributed by atoms with E-state index in [1.54, 1.807) is 22.9 Å². The SMILES string of the molecule is CCn1c2ccccc2c2cc(/C=N/NC(=O)CSc3nc4ccccc4c(=O)n3-c3ccccc3)ccc21. The molecule has 39 heavy (non-hydrogen) atoms. The lowest BCUT2D eigenvalue weighted by molar-refractivity contribution is -0.118. The number of nitrogens with one attached hydrogen (secondary N) is 1. The van der Waals surface area contributed by atoms with Crippen molar-refractivity contribution in [1.82, 2.24) is 19.5 Å². The van der Waals surface area contributed by atoms with Crippen LogP contribution < -0.4 is 11.0 Å². The maximum Gasteiger partial charge on any atom is 0.266 e. The number of benzene rings is 4. The van der Waals surface area contributed by atoms with Crippen molar-refractivity contribution < 1.29 is 4.79 Å². The average molecular weight is 532 g/mol. The molecular weight excluding hydrogens is 506 g/mol. The molecule has 0 fully saturated rings. The largest absolute Gasteiger partial charge is 0.341 e. The predicted octanol–water partition coefficient (Wildman–Crippen LogP) is 5.76. The fourth-order valence-corrected chi connectivity index (χ4v) is 5.65. The molecule has 7 nitrogen and oxygen atoms in total. The van der Waals surface area contributed by atoms with Crippen molar-refractivity contribution in [3.8, 4) is 5.69 Å². The van der Waals surface area contributed by atoms with Gasteiger partial charge in [-0.1, -0.05) is 66.4 Å². The van der Waals surface area contributed by atoms with E-state index in [0.717, 1.165) is 17.5 Å². The summed E-state index contributed by atoms with van der Waals surface area (Å²) < 4.78 is 3.84. The van der Waals surface area contributed by atoms with Crippen molar-refractivity contribution >= 4 is 56.6 Å². The summed E-state index contributed by atoms with van der Waals surface area (Å²) in [5.41, 5.74) is 6.98. The summed E-state index contributed by atoms with van der Waals surface area (Å²) in [4.78, 5) is 30.7. The van der Waals surface area contributed by atoms with E-state index in [4.69, 9.17) is 0 Å². The van der Waals surface area contributed by atoms with Crippen LogP contribution in [0.4, 0.5) is 0 Å². The Morgan fingerprint density at radius 3 is 2.44 bits per heavy atom. The normalized spacial score (nSPS) is 11.6. The van der Waals surface area contributed by atoms with E-state index in [1.165, 1.54) is 28.2 Å². The number of carbonyl (C=O) groups is 1. The van der Waals surface area contributed by atoms with Gasteiger partial charge in [0, 0.05) is 28.4 Å². The number of nitrogens with zero attached hydrogens (tertiary/aromatic N) is 4. The quantitative estimate of drug-likeness (QED) is 0.123. The number of aromatic nitrogens is 3. The van der Waals surface area contributed by atoms with Gasteiger partial charge in [0.1, 0.15) is 0 Å². The summed E-state index contributed by atoms with van der Waals surface area (Å²) in [5.74, 6) is -0.236. The predicted molar refractivity (Wildman–Crippen MR) is 159 cm³/mol. The lowest BCUT2D eigenvalue weighted by Gasteiger charge is -2.12. The zero-order valence-corrected chi connectivity index (χ0v) is 22.1. The number of thioether (sulfide) groups is 1. The highest BCUT2D eigenvalue weighted by Crippen LogP contribution is 2.29. The highest BCUT2D eigenvalue weighted by atomic mass is 32.2. The van der Waals surface area contributed by atoms with Gasteiger partial charge in [-0.15, -0.1) is 0 Å². The highest BCUT2D eigenvalue weighted by molar-refractivity contribution is 7.99. The summed E-state index contributed by atoms with van der Waals surface area (Å²) >= 11 is 1.20. The van der Waals surface area contributed by atoms with Crippen molar-refractivity contribution in [2.24, 2.45) is 5.10 Å². The number of hydrogen-bond acceptors (Lipinski definition) is 5. The van der Waals surface area contributed by atoms with Crippen LogP contribution in [-0.4, -0.2) is 32.0 Å². The van der Waals surface area contributed by atoms with Crippen molar-refractivity contribution in [1.29, 1.82) is 0 Å². The average Bonchev–Trinajstić information content (AvgIpc) is 3.29. The molecule has 192 valence electrons. The second-order valence-corrected chi connectivity index (χ2v) is 9.95. The Morgan fingerprint density at radius 2 is 1.62 bits per heavy atom. The summed E-state index contributed by atoms with van der Waals surface area (Å²) in [6.45, 7) is 3.02. The van der Waals surface area contributed by atoms with Crippen LogP contribution in [0, 0.1) is 0 Å². The first kappa shape index (κ1) is 24.6. The minimum atomic E-state index is -0.290. The fourth-order valence-electron chi connectivity index (χ4n) is 4.85. The maximum absolute atomic E-state index is 13.3. The zero-order chi connectivity index (χ0) is 26.8. The molecule has 0 bridgehead atoms. The van der Waals surface area contributed by atoms with Gasteiger partial charge in [-0.2, -0.15) is 5.10 Å². The highest BCUT2D eigenvalue weighted by Gasteiger charge is 2.15. The summed E-state index contributed by atoms with van der Waals surface area (Å²) in [6, 6.07) is 31.1. The van der Waals surface area contributed by atoms with Crippen molar-refractivity contribution in [3.05, 3.63) is 113 Å². The second kappa shape index (κ2) is 10.6. The molecule has 0 aliphatic carbocycles. The smallest absolute Gasteiger partial charge is 0.266 e. The number of hydrogen-bond donors (Lipinski definition) is 1. The molecule has 8 heteroatoms. The van der Waals surface area contributed by atoms with E-state index in [0.29, 0.717) is 21.7 Å². The molecular formula is C31H25N5O2S. The number of amides is 1. The van der Waals surface area contributed by atoms with E-state index in [2.05, 4.69) is 57.3 Å². The number of hydrazone groups is 1. The van der Waals surface area contributed by atoms with Crippen LogP contribution in [0.3, 0.4) is 0 Å². The van der Waals surface area contributed by atoms with E-state index in [1.807, 2.05) is 54.6 Å². The molecule has 6 rings (SSSR count). The molecule has 4 aromatic carbocycles. The molecule has 2 heterocycles. The van der Waals surface area contributed by atoms with Crippen LogP contribution in [0.2, 0.25) is 0 Å². The fraction of sp³-hybridized carbons (Fsp3) is 0.0968. The van der Waals surface area contributed by atoms with Gasteiger partial charge < -0.3 is 4.57 Å². The van der Waals surface area contributed by atoms with E-state index in [-0.39, 0.29) is 17.2 Å². The van der Waals surface area contributed by atoms with Crippen molar-refractivity contribution in [2.75, 3.05) is 5.75 Å². The van der Waals surface area contributed by atoms with Gasteiger partial charge in [-0.05, 0) is 55.0 Å². The number of para-hydroxylation sites is 3. The Hall–Kier alpha value is -4.69. The van der Waals surface area contributed by atoms with Crippen LogP contribution in [0.15, 0.2) is 112 Å². The van der Waals surface area contributed by atoms with Gasteiger partial charge in [-0.25, -0.2) is 10.4 Å². The first-order valence-corrected chi connectivity index (χ1v) is 13.7. The summed E-state index contributed by atoms with van der Waals surface area (Å²) in [7, 11) is 0. The Morgan fingerprint density at radius 1 is 0.897 bits per heavy atom. The molecule has 0 atom stereocenters. The third-order valence-electron chi connectivity index (χ3n) is 6.61. The van der Waals surface area contributed by atoms with Gasteiger partial charge in [0.2, 0.25) is 0 Å². The molecule has 2 aromatic heterocycles. The first-order chi connectivity index (χ1) is 19.1. The number of rotatable bonds is 7. The Bertz CT molecular complexity index is 1930. The van der Waals surface area contributed by atoms with Gasteiger partial charge in [0.25, 0.3) is 11.5 Å². The van der Waals surface area contributed by atoms with Gasteiger partial charge in [-0.3, -0.25) is 14.2 Å². The summed E-state index contributed by atoms with van der Waals surface area (Å²) in [6.07, 6.45) is 1.65. The van der Waals surface area contributed by atoms with Crippen LogP contribution >= 0.6 is 11.8 Å². The minimum Gasteiger partial charge on any atom is -0.341 e. The maximum atomic E-state index is 13.3. The van der Waals surface area contributed by atoms with E-state index >= 15 is 0 Å². The van der Waals surface area contributed by atoms with Crippen molar-refractivity contribution in [3.63, 3.8) is 0 Å². The lowest BCUT2D eigenvalue weighted by Crippen LogP contribution is -2.24. The Kier molecular flexibility index (Phi) is 6.69. The van der Waals surface area contributed by atoms with Gasteiger partial charge >= 0.3 is 0 Å². The minimum absolute atomic E-state index is 0.0535. The third kappa shape index (κ3) is 4.70. The summed E-state index contributed by atoms with van der Waals surface area (Å²) in [5, 5.41) is 7.50. The molecule has 6 aromatic rings. The number of fused-ring (bicyclic) bond motifs is 4. The molecule has 1 amide bonds. The molecule has 0 spiro atoms. The van der Waals surface area contributed by atoms with Crippen LogP contribution in [0.5, 0.6) is 0 Å². The standard InChI is InChI=1S/C31H25N5O2S/c1-2-35-27-15-9-7-12-23(27)25-18-21(16-17-28(25)35)19-32-34-29(37)20-39-31-33-26-14-8-6-13-24(26)30(38)36(31)22-10-4-3-5-11-22/h3-19H,2,20H2,1H3,(H,34,37)/b32-19+. The zero-order valence-electron chi connectivity index (χ0n) is 21.2. The number of carbonyl (C=O) groups excluding carboxylic acids is 1. The molecule has 0 saturated carbocycles. The van der Waals surface area contributed by atoms with E-state index < -0.39 is 0 Å². The van der Waals surface area contributed by atoms with Gasteiger partial charge in [0.15, 0.2) is 5.16 Å². The number of aryl methyl sites for hydroxylation is 1.